The Kier molecular flexibility index (Phi) is 5.93. The predicted molar refractivity (Wildman–Crippen MR) is 117 cm³/mol. The first-order chi connectivity index (χ1) is 15.0. The molecule has 4 rings (SSSR count). The van der Waals surface area contributed by atoms with Crippen molar-refractivity contribution >= 4 is 23.4 Å². The standard InChI is InChI=1S/C24H27N3O4/c1-16(28)25-20-9-8-17-14-22(24(30)26-10-3-4-11-26)27(15-19(17)12-20)23(29)18-6-5-7-21(13-18)31-2/h5-9,12-13,22H,3-4,10-11,14-15H2,1-2H3,(H,25,28)/t22-/m1/s1. The number of benzene rings is 2. The van der Waals surface area contributed by atoms with Gasteiger partial charge >= 0.3 is 0 Å². The molecule has 0 radical (unpaired) electrons. The van der Waals surface area contributed by atoms with E-state index in [0.717, 1.165) is 37.1 Å². The van der Waals surface area contributed by atoms with Gasteiger partial charge in [0.2, 0.25) is 11.8 Å². The van der Waals surface area contributed by atoms with Gasteiger partial charge in [-0.05, 0) is 54.3 Å². The maximum absolute atomic E-state index is 13.5. The van der Waals surface area contributed by atoms with Crippen LogP contribution in [0.1, 0.15) is 41.3 Å². The summed E-state index contributed by atoms with van der Waals surface area (Å²) in [7, 11) is 1.56. The summed E-state index contributed by atoms with van der Waals surface area (Å²) in [5.74, 6) is 0.248. The van der Waals surface area contributed by atoms with E-state index in [0.29, 0.717) is 30.0 Å². The lowest BCUT2D eigenvalue weighted by atomic mass is 9.92. The summed E-state index contributed by atoms with van der Waals surface area (Å²) in [6, 6.07) is 12.1. The summed E-state index contributed by atoms with van der Waals surface area (Å²) in [6.45, 7) is 3.25. The van der Waals surface area contributed by atoms with Crippen molar-refractivity contribution in [2.75, 3.05) is 25.5 Å². The quantitative estimate of drug-likeness (QED) is 0.823. The average molecular weight is 421 g/mol. The molecule has 7 nitrogen and oxygen atoms in total. The minimum Gasteiger partial charge on any atom is -0.497 e. The molecule has 3 amide bonds. The fourth-order valence-electron chi connectivity index (χ4n) is 4.37. The SMILES string of the molecule is COc1cccc(C(=O)N2Cc3cc(NC(C)=O)ccc3C[C@@H]2C(=O)N2CCCC2)c1. The topological polar surface area (TPSA) is 79.0 Å². The minimum atomic E-state index is -0.545. The lowest BCUT2D eigenvalue weighted by Gasteiger charge is -2.38. The van der Waals surface area contributed by atoms with Gasteiger partial charge in [0.05, 0.1) is 7.11 Å². The number of carbonyl (C=O) groups is 3. The van der Waals surface area contributed by atoms with Gasteiger partial charge in [0.1, 0.15) is 11.8 Å². The van der Waals surface area contributed by atoms with Gasteiger partial charge in [0, 0.05) is 44.2 Å². The fourth-order valence-corrected chi connectivity index (χ4v) is 4.37. The summed E-state index contributed by atoms with van der Waals surface area (Å²) in [5, 5.41) is 2.79. The number of rotatable bonds is 4. The molecule has 0 spiro atoms. The van der Waals surface area contributed by atoms with Crippen LogP contribution in [-0.4, -0.2) is 53.8 Å². The maximum atomic E-state index is 13.5. The van der Waals surface area contributed by atoms with E-state index in [9.17, 15) is 14.4 Å². The zero-order valence-corrected chi connectivity index (χ0v) is 17.9. The molecule has 31 heavy (non-hydrogen) atoms. The zero-order valence-electron chi connectivity index (χ0n) is 17.9. The number of hydrogen-bond donors (Lipinski definition) is 1. The lowest BCUT2D eigenvalue weighted by molar-refractivity contribution is -0.135. The molecule has 0 unspecified atom stereocenters. The molecule has 0 aliphatic carbocycles. The number of likely N-dealkylation sites (tertiary alicyclic amines) is 1. The van der Waals surface area contributed by atoms with Crippen molar-refractivity contribution in [1.29, 1.82) is 0 Å². The molecule has 2 aromatic carbocycles. The summed E-state index contributed by atoms with van der Waals surface area (Å²) in [5.41, 5.74) is 3.14. The van der Waals surface area contributed by atoms with Crippen LogP contribution in [0, 0.1) is 0 Å². The molecular formula is C24H27N3O4. The van der Waals surface area contributed by atoms with Crippen LogP contribution >= 0.6 is 0 Å². The molecule has 2 heterocycles. The normalized spacial score (nSPS) is 17.8. The van der Waals surface area contributed by atoms with Crippen LogP contribution < -0.4 is 10.1 Å². The molecule has 2 aromatic rings. The molecule has 0 aromatic heterocycles. The van der Waals surface area contributed by atoms with Crippen molar-refractivity contribution in [2.24, 2.45) is 0 Å². The maximum Gasteiger partial charge on any atom is 0.254 e. The van der Waals surface area contributed by atoms with E-state index in [1.54, 1.807) is 36.3 Å². The first-order valence-electron chi connectivity index (χ1n) is 10.6. The van der Waals surface area contributed by atoms with Crippen LogP contribution in [0.25, 0.3) is 0 Å². The predicted octanol–water partition coefficient (Wildman–Crippen LogP) is 2.84. The van der Waals surface area contributed by atoms with Gasteiger partial charge in [-0.1, -0.05) is 12.1 Å². The Morgan fingerprint density at radius 1 is 1.03 bits per heavy atom. The molecule has 2 aliphatic rings. The van der Waals surface area contributed by atoms with E-state index in [-0.39, 0.29) is 17.7 Å². The number of methoxy groups -OCH3 is 1. The molecule has 1 saturated heterocycles. The minimum absolute atomic E-state index is 0.00494. The Morgan fingerprint density at radius 3 is 2.52 bits per heavy atom. The van der Waals surface area contributed by atoms with Crippen molar-refractivity contribution < 1.29 is 19.1 Å². The Bertz CT molecular complexity index is 1010. The first-order valence-corrected chi connectivity index (χ1v) is 10.6. The summed E-state index contributed by atoms with van der Waals surface area (Å²) < 4.78 is 5.27. The van der Waals surface area contributed by atoms with Crippen LogP contribution in [0.2, 0.25) is 0 Å². The summed E-state index contributed by atoms with van der Waals surface area (Å²) in [4.78, 5) is 41.8. The number of amides is 3. The Morgan fingerprint density at radius 2 is 1.81 bits per heavy atom. The lowest BCUT2D eigenvalue weighted by Crippen LogP contribution is -2.53. The number of carbonyl (C=O) groups excluding carboxylic acids is 3. The van der Waals surface area contributed by atoms with Gasteiger partial charge in [-0.15, -0.1) is 0 Å². The number of nitrogens with one attached hydrogen (secondary N) is 1. The van der Waals surface area contributed by atoms with Gasteiger partial charge in [0.15, 0.2) is 0 Å². The Balaban J connectivity index is 1.68. The number of anilines is 1. The van der Waals surface area contributed by atoms with Gasteiger partial charge < -0.3 is 19.9 Å². The second-order valence-corrected chi connectivity index (χ2v) is 8.08. The third kappa shape index (κ3) is 4.40. The van der Waals surface area contributed by atoms with E-state index >= 15 is 0 Å². The van der Waals surface area contributed by atoms with Crippen LogP contribution in [0.3, 0.4) is 0 Å². The molecule has 1 N–H and O–H groups in total. The van der Waals surface area contributed by atoms with Gasteiger partial charge in [-0.2, -0.15) is 0 Å². The fraction of sp³-hybridized carbons (Fsp3) is 0.375. The van der Waals surface area contributed by atoms with Crippen LogP contribution in [0.15, 0.2) is 42.5 Å². The molecule has 1 atom stereocenters. The summed E-state index contributed by atoms with van der Waals surface area (Å²) >= 11 is 0. The van der Waals surface area contributed by atoms with Crippen molar-refractivity contribution in [3.05, 3.63) is 59.2 Å². The highest BCUT2D eigenvalue weighted by molar-refractivity contribution is 5.98. The van der Waals surface area contributed by atoms with E-state index in [4.69, 9.17) is 4.74 Å². The van der Waals surface area contributed by atoms with E-state index < -0.39 is 6.04 Å². The average Bonchev–Trinajstić information content (AvgIpc) is 3.32. The third-order valence-electron chi connectivity index (χ3n) is 5.94. The summed E-state index contributed by atoms with van der Waals surface area (Å²) in [6.07, 6.45) is 2.46. The van der Waals surface area contributed by atoms with E-state index in [1.807, 2.05) is 23.1 Å². The second-order valence-electron chi connectivity index (χ2n) is 8.08. The number of nitrogens with zero attached hydrogens (tertiary/aromatic N) is 2. The molecule has 2 aliphatic heterocycles. The van der Waals surface area contributed by atoms with Gasteiger partial charge in [0.25, 0.3) is 5.91 Å². The molecule has 0 bridgehead atoms. The second kappa shape index (κ2) is 8.79. The Hall–Kier alpha value is -3.35. The van der Waals surface area contributed by atoms with Crippen LogP contribution in [0.5, 0.6) is 5.75 Å². The highest BCUT2D eigenvalue weighted by atomic mass is 16.5. The molecule has 162 valence electrons. The highest BCUT2D eigenvalue weighted by Gasteiger charge is 2.38. The van der Waals surface area contributed by atoms with Gasteiger partial charge in [-0.25, -0.2) is 0 Å². The molecular weight excluding hydrogens is 394 g/mol. The van der Waals surface area contributed by atoms with Crippen molar-refractivity contribution in [3.63, 3.8) is 0 Å². The van der Waals surface area contributed by atoms with Crippen molar-refractivity contribution in [1.82, 2.24) is 9.80 Å². The van der Waals surface area contributed by atoms with Crippen molar-refractivity contribution in [3.8, 4) is 5.75 Å². The largest absolute Gasteiger partial charge is 0.497 e. The van der Waals surface area contributed by atoms with Crippen LogP contribution in [-0.2, 0) is 22.6 Å². The van der Waals surface area contributed by atoms with Crippen molar-refractivity contribution in [2.45, 2.75) is 38.8 Å². The molecule has 7 heteroatoms. The Labute approximate surface area is 182 Å². The molecule has 1 fully saturated rings. The van der Waals surface area contributed by atoms with Gasteiger partial charge in [-0.3, -0.25) is 14.4 Å². The first kappa shape index (κ1) is 20.9. The third-order valence-corrected chi connectivity index (χ3v) is 5.94. The number of fused-ring (bicyclic) bond motifs is 1. The molecule has 0 saturated carbocycles. The van der Waals surface area contributed by atoms with E-state index in [1.165, 1.54) is 6.92 Å². The zero-order chi connectivity index (χ0) is 22.0. The monoisotopic (exact) mass is 421 g/mol. The van der Waals surface area contributed by atoms with E-state index in [2.05, 4.69) is 5.32 Å². The smallest absolute Gasteiger partial charge is 0.254 e. The number of hydrogen-bond acceptors (Lipinski definition) is 4. The van der Waals surface area contributed by atoms with Crippen LogP contribution in [0.4, 0.5) is 5.69 Å². The highest BCUT2D eigenvalue weighted by Crippen LogP contribution is 2.29. The number of ether oxygens (including phenoxy) is 1.